The summed E-state index contributed by atoms with van der Waals surface area (Å²) >= 11 is 0. The van der Waals surface area contributed by atoms with Crippen molar-refractivity contribution in [3.05, 3.63) is 23.9 Å². The molecule has 0 spiro atoms. The van der Waals surface area contributed by atoms with Gasteiger partial charge in [0.2, 0.25) is 5.91 Å². The zero-order chi connectivity index (χ0) is 18.9. The Balaban J connectivity index is 1.36. The Labute approximate surface area is 160 Å². The van der Waals surface area contributed by atoms with Crippen LogP contribution in [0.15, 0.2) is 18.2 Å². The first-order chi connectivity index (χ1) is 13.2. The molecule has 27 heavy (non-hydrogen) atoms. The van der Waals surface area contributed by atoms with Crippen LogP contribution in [-0.2, 0) is 9.53 Å². The predicted molar refractivity (Wildman–Crippen MR) is 103 cm³/mol. The number of morpholine rings is 1. The maximum Gasteiger partial charge on any atom is 0.270 e. The Kier molecular flexibility index (Phi) is 7.41. The van der Waals surface area contributed by atoms with E-state index in [1.54, 1.807) is 6.07 Å². The number of anilines is 1. The van der Waals surface area contributed by atoms with Crippen LogP contribution in [0.4, 0.5) is 5.82 Å². The Morgan fingerprint density at radius 1 is 1.15 bits per heavy atom. The number of nitrogens with one attached hydrogen (secondary N) is 2. The molecule has 0 atom stereocenters. The first-order valence-corrected chi connectivity index (χ1v) is 9.79. The lowest BCUT2D eigenvalue weighted by Crippen LogP contribution is -2.41. The van der Waals surface area contributed by atoms with Crippen LogP contribution in [0.2, 0.25) is 0 Å². The minimum absolute atomic E-state index is 0.158. The van der Waals surface area contributed by atoms with Gasteiger partial charge in [0.05, 0.1) is 13.2 Å². The largest absolute Gasteiger partial charge is 0.379 e. The molecule has 0 unspecified atom stereocenters. The average molecular weight is 375 g/mol. The molecule has 2 fully saturated rings. The van der Waals surface area contributed by atoms with Gasteiger partial charge in [0, 0.05) is 52.2 Å². The number of nitrogens with zero attached hydrogens (tertiary/aromatic N) is 3. The highest BCUT2D eigenvalue weighted by atomic mass is 16.5. The molecule has 8 heteroatoms. The number of aromatic nitrogens is 1. The topological polar surface area (TPSA) is 86.8 Å². The van der Waals surface area contributed by atoms with Gasteiger partial charge in [-0.2, -0.15) is 0 Å². The fourth-order valence-corrected chi connectivity index (χ4v) is 3.33. The molecule has 148 valence electrons. The number of amides is 2. The number of rotatable bonds is 9. The first-order valence-electron chi connectivity index (χ1n) is 9.79. The standard InChI is InChI=1S/C19H29N5O3/c25-18-6-2-9-24(18)10-3-7-20-17-5-1-4-16(22-17)19(26)21-8-11-23-12-14-27-15-13-23/h1,4-5H,2-3,6-15H2,(H,20,22)(H,21,26). The van der Waals surface area contributed by atoms with Gasteiger partial charge in [-0.3, -0.25) is 14.5 Å². The van der Waals surface area contributed by atoms with Gasteiger partial charge in [-0.25, -0.2) is 4.98 Å². The van der Waals surface area contributed by atoms with E-state index in [1.807, 2.05) is 17.0 Å². The van der Waals surface area contributed by atoms with Crippen molar-refractivity contribution in [1.29, 1.82) is 0 Å². The Morgan fingerprint density at radius 3 is 2.78 bits per heavy atom. The molecule has 2 saturated heterocycles. The van der Waals surface area contributed by atoms with E-state index in [4.69, 9.17) is 4.74 Å². The third-order valence-electron chi connectivity index (χ3n) is 4.88. The Bertz CT molecular complexity index is 634. The fraction of sp³-hybridized carbons (Fsp3) is 0.632. The van der Waals surface area contributed by atoms with E-state index in [0.29, 0.717) is 24.5 Å². The van der Waals surface area contributed by atoms with Crippen molar-refractivity contribution < 1.29 is 14.3 Å². The van der Waals surface area contributed by atoms with Crippen LogP contribution in [0.25, 0.3) is 0 Å². The van der Waals surface area contributed by atoms with Crippen molar-refractivity contribution in [3.63, 3.8) is 0 Å². The summed E-state index contributed by atoms with van der Waals surface area (Å²) < 4.78 is 5.32. The highest BCUT2D eigenvalue weighted by Crippen LogP contribution is 2.10. The van der Waals surface area contributed by atoms with E-state index >= 15 is 0 Å². The normalized spacial score (nSPS) is 17.9. The van der Waals surface area contributed by atoms with Gasteiger partial charge < -0.3 is 20.3 Å². The van der Waals surface area contributed by atoms with Crippen LogP contribution in [0.1, 0.15) is 29.8 Å². The molecule has 0 bridgehead atoms. The predicted octanol–water partition coefficient (Wildman–Crippen LogP) is 0.568. The third-order valence-corrected chi connectivity index (χ3v) is 4.88. The van der Waals surface area contributed by atoms with E-state index in [-0.39, 0.29) is 11.8 Å². The molecule has 1 aromatic heterocycles. The third kappa shape index (κ3) is 6.18. The number of hydrogen-bond donors (Lipinski definition) is 2. The highest BCUT2D eigenvalue weighted by Gasteiger charge is 2.19. The number of hydrogen-bond acceptors (Lipinski definition) is 6. The molecule has 0 aliphatic carbocycles. The van der Waals surface area contributed by atoms with Crippen LogP contribution in [-0.4, -0.2) is 85.6 Å². The van der Waals surface area contributed by atoms with Gasteiger partial charge in [0.15, 0.2) is 0 Å². The Hall–Kier alpha value is -2.19. The smallest absolute Gasteiger partial charge is 0.270 e. The second-order valence-corrected chi connectivity index (χ2v) is 6.88. The molecule has 2 N–H and O–H groups in total. The minimum Gasteiger partial charge on any atom is -0.379 e. The van der Waals surface area contributed by atoms with E-state index in [0.717, 1.165) is 65.3 Å². The maximum absolute atomic E-state index is 12.3. The van der Waals surface area contributed by atoms with E-state index < -0.39 is 0 Å². The second-order valence-electron chi connectivity index (χ2n) is 6.88. The van der Waals surface area contributed by atoms with Crippen molar-refractivity contribution in [1.82, 2.24) is 20.1 Å². The monoisotopic (exact) mass is 375 g/mol. The van der Waals surface area contributed by atoms with Crippen LogP contribution < -0.4 is 10.6 Å². The Morgan fingerprint density at radius 2 is 2.00 bits per heavy atom. The van der Waals surface area contributed by atoms with Gasteiger partial charge in [-0.15, -0.1) is 0 Å². The summed E-state index contributed by atoms with van der Waals surface area (Å²) in [6.07, 6.45) is 2.51. The summed E-state index contributed by atoms with van der Waals surface area (Å²) in [5.74, 6) is 0.780. The molecule has 0 aromatic carbocycles. The van der Waals surface area contributed by atoms with Crippen LogP contribution in [0.5, 0.6) is 0 Å². The second kappa shape index (κ2) is 10.2. The van der Waals surface area contributed by atoms with Crippen molar-refractivity contribution in [3.8, 4) is 0 Å². The van der Waals surface area contributed by atoms with E-state index in [1.165, 1.54) is 0 Å². The summed E-state index contributed by atoms with van der Waals surface area (Å²) in [6.45, 7) is 7.13. The van der Waals surface area contributed by atoms with Gasteiger partial charge in [-0.05, 0) is 25.0 Å². The van der Waals surface area contributed by atoms with Crippen LogP contribution in [0.3, 0.4) is 0 Å². The number of pyridine rings is 1. The molecule has 0 saturated carbocycles. The number of likely N-dealkylation sites (tertiary alicyclic amines) is 1. The van der Waals surface area contributed by atoms with Crippen LogP contribution in [0, 0.1) is 0 Å². The molecule has 1 aromatic rings. The molecule has 2 aliphatic heterocycles. The molecule has 3 heterocycles. The lowest BCUT2D eigenvalue weighted by atomic mass is 10.3. The van der Waals surface area contributed by atoms with Crippen molar-refractivity contribution >= 4 is 17.6 Å². The van der Waals surface area contributed by atoms with Crippen molar-refractivity contribution in [2.45, 2.75) is 19.3 Å². The van der Waals surface area contributed by atoms with E-state index in [2.05, 4.69) is 20.5 Å². The molecule has 0 radical (unpaired) electrons. The highest BCUT2D eigenvalue weighted by molar-refractivity contribution is 5.92. The quantitative estimate of drug-likeness (QED) is 0.614. The lowest BCUT2D eigenvalue weighted by Gasteiger charge is -2.26. The fourth-order valence-electron chi connectivity index (χ4n) is 3.33. The number of ether oxygens (including phenoxy) is 1. The summed E-state index contributed by atoms with van der Waals surface area (Å²) in [6, 6.07) is 5.40. The SMILES string of the molecule is O=C(NCCN1CCOCC1)c1cccc(NCCCN2CCCC2=O)n1. The molecular weight excluding hydrogens is 346 g/mol. The molecule has 3 rings (SSSR count). The van der Waals surface area contributed by atoms with E-state index in [9.17, 15) is 9.59 Å². The van der Waals surface area contributed by atoms with Gasteiger partial charge in [-0.1, -0.05) is 6.07 Å². The van der Waals surface area contributed by atoms with Crippen molar-refractivity contribution in [2.75, 3.05) is 64.3 Å². The van der Waals surface area contributed by atoms with Gasteiger partial charge in [0.25, 0.3) is 5.91 Å². The summed E-state index contributed by atoms with van der Waals surface area (Å²) in [5.41, 5.74) is 0.414. The summed E-state index contributed by atoms with van der Waals surface area (Å²) in [4.78, 5) is 32.4. The molecule has 2 amide bonds. The minimum atomic E-state index is -0.158. The van der Waals surface area contributed by atoms with Gasteiger partial charge in [0.1, 0.15) is 11.5 Å². The first kappa shape index (κ1) is 19.6. The van der Waals surface area contributed by atoms with Gasteiger partial charge >= 0.3 is 0 Å². The molecule has 2 aliphatic rings. The summed E-state index contributed by atoms with van der Waals surface area (Å²) in [7, 11) is 0. The zero-order valence-corrected chi connectivity index (χ0v) is 15.8. The number of carbonyl (C=O) groups excluding carboxylic acids is 2. The maximum atomic E-state index is 12.3. The zero-order valence-electron chi connectivity index (χ0n) is 15.8. The van der Waals surface area contributed by atoms with Crippen molar-refractivity contribution in [2.24, 2.45) is 0 Å². The van der Waals surface area contributed by atoms with Crippen LogP contribution >= 0.6 is 0 Å². The number of carbonyl (C=O) groups is 2. The molecular formula is C19H29N5O3. The molecule has 8 nitrogen and oxygen atoms in total. The lowest BCUT2D eigenvalue weighted by molar-refractivity contribution is -0.127. The average Bonchev–Trinajstić information content (AvgIpc) is 3.11. The summed E-state index contributed by atoms with van der Waals surface area (Å²) in [5, 5.41) is 6.16.